The normalized spacial score (nSPS) is 13.4. The van der Waals surface area contributed by atoms with E-state index in [1.54, 1.807) is 29.3 Å². The van der Waals surface area contributed by atoms with Gasteiger partial charge in [0.25, 0.3) is 5.91 Å². The van der Waals surface area contributed by atoms with Crippen LogP contribution in [0.1, 0.15) is 40.0 Å². The fourth-order valence-electron chi connectivity index (χ4n) is 4.63. The van der Waals surface area contributed by atoms with Gasteiger partial charge in [-0.15, -0.1) is 0 Å². The Kier molecular flexibility index (Phi) is 10.8. The van der Waals surface area contributed by atoms with Crippen LogP contribution in [0, 0.1) is 0 Å². The first-order valence-electron chi connectivity index (χ1n) is 13.8. The van der Waals surface area contributed by atoms with Crippen LogP contribution in [0.3, 0.4) is 0 Å². The Morgan fingerprint density at radius 1 is 0.825 bits per heavy atom. The lowest BCUT2D eigenvalue weighted by atomic mass is 10.0. The number of nitrogens with two attached hydrogens (primary N) is 1. The average Bonchev–Trinajstić information content (AvgIpc) is 3.01. The van der Waals surface area contributed by atoms with Crippen molar-refractivity contribution < 1.29 is 19.1 Å². The van der Waals surface area contributed by atoms with Gasteiger partial charge in [-0.3, -0.25) is 9.59 Å². The molecule has 4 rings (SSSR count). The number of carbonyl (C=O) groups is 3. The summed E-state index contributed by atoms with van der Waals surface area (Å²) in [7, 11) is 0. The maximum Gasteiger partial charge on any atom is 0.429 e. The van der Waals surface area contributed by atoms with E-state index in [-0.39, 0.29) is 24.8 Å². The average molecular weight is 544 g/mol. The number of para-hydroxylation sites is 1. The second-order valence-corrected chi connectivity index (χ2v) is 9.55. The standard InChI is InChI=1S/C31H37N5O4/c32-17-18-34-30(38)26-15-13-25(14-16-26)29(37)23-33-19-22-40-31(39)36(35-20-7-2-8-21-35)28-12-6-5-11-27(28)24-9-3-1-4-10-24/h1,3-6,9-16,33H,2,7-8,17-23,32H2,(H,34,38). The number of hydrogen-bond acceptors (Lipinski definition) is 7. The van der Waals surface area contributed by atoms with Crippen LogP contribution in [-0.4, -0.2) is 68.7 Å². The maximum atomic E-state index is 13.4. The zero-order valence-corrected chi connectivity index (χ0v) is 22.7. The molecule has 1 fully saturated rings. The van der Waals surface area contributed by atoms with E-state index < -0.39 is 6.09 Å². The van der Waals surface area contributed by atoms with Gasteiger partial charge in [0.2, 0.25) is 0 Å². The van der Waals surface area contributed by atoms with Crippen molar-refractivity contribution in [2.24, 2.45) is 5.73 Å². The number of hydrogen-bond donors (Lipinski definition) is 3. The molecule has 1 aliphatic heterocycles. The summed E-state index contributed by atoms with van der Waals surface area (Å²) in [6.07, 6.45) is 2.73. The molecule has 2 amide bonds. The van der Waals surface area contributed by atoms with E-state index in [4.69, 9.17) is 10.5 Å². The van der Waals surface area contributed by atoms with Gasteiger partial charge in [0, 0.05) is 49.4 Å². The third kappa shape index (κ3) is 7.75. The first-order chi connectivity index (χ1) is 19.6. The van der Waals surface area contributed by atoms with E-state index in [0.29, 0.717) is 30.8 Å². The third-order valence-corrected chi connectivity index (χ3v) is 6.69. The molecule has 3 aromatic rings. The Hall–Kier alpha value is -4.05. The van der Waals surface area contributed by atoms with E-state index in [2.05, 4.69) is 15.6 Å². The number of ketones is 1. The molecule has 40 heavy (non-hydrogen) atoms. The van der Waals surface area contributed by atoms with Gasteiger partial charge in [0.15, 0.2) is 5.78 Å². The van der Waals surface area contributed by atoms with Gasteiger partial charge < -0.3 is 21.1 Å². The number of hydrazine groups is 1. The zero-order valence-electron chi connectivity index (χ0n) is 22.7. The molecule has 9 heteroatoms. The van der Waals surface area contributed by atoms with Crippen molar-refractivity contribution in [1.29, 1.82) is 0 Å². The molecular weight excluding hydrogens is 506 g/mol. The fraction of sp³-hybridized carbons (Fsp3) is 0.323. The lowest BCUT2D eigenvalue weighted by molar-refractivity contribution is 0.0950. The van der Waals surface area contributed by atoms with Crippen LogP contribution in [0.25, 0.3) is 11.1 Å². The third-order valence-electron chi connectivity index (χ3n) is 6.69. The number of anilines is 1. The molecule has 9 nitrogen and oxygen atoms in total. The number of rotatable bonds is 12. The number of benzene rings is 3. The first kappa shape index (κ1) is 28.9. The predicted molar refractivity (Wildman–Crippen MR) is 156 cm³/mol. The van der Waals surface area contributed by atoms with Crippen molar-refractivity contribution in [2.75, 3.05) is 50.9 Å². The van der Waals surface area contributed by atoms with Crippen molar-refractivity contribution in [2.45, 2.75) is 19.3 Å². The lowest BCUT2D eigenvalue weighted by Gasteiger charge is -2.37. The monoisotopic (exact) mass is 543 g/mol. The predicted octanol–water partition coefficient (Wildman–Crippen LogP) is 3.86. The molecule has 0 atom stereocenters. The zero-order chi connectivity index (χ0) is 28.2. The van der Waals surface area contributed by atoms with Crippen LogP contribution < -0.4 is 21.4 Å². The summed E-state index contributed by atoms with van der Waals surface area (Å²) in [6.45, 7) is 2.83. The van der Waals surface area contributed by atoms with Crippen molar-refractivity contribution in [3.63, 3.8) is 0 Å². The van der Waals surface area contributed by atoms with Gasteiger partial charge in [0.1, 0.15) is 6.61 Å². The van der Waals surface area contributed by atoms with Crippen molar-refractivity contribution in [3.05, 3.63) is 90.0 Å². The number of carbonyl (C=O) groups excluding carboxylic acids is 3. The SMILES string of the molecule is NCCNC(=O)c1ccc(C(=O)CNCCOC(=O)N(c2ccccc2-c2ccccc2)N2CCCCC2)cc1. The van der Waals surface area contributed by atoms with Crippen molar-refractivity contribution in [3.8, 4) is 11.1 Å². The topological polar surface area (TPSA) is 117 Å². The molecule has 210 valence electrons. The van der Waals surface area contributed by atoms with Gasteiger partial charge >= 0.3 is 6.09 Å². The number of piperidine rings is 1. The minimum atomic E-state index is -0.443. The van der Waals surface area contributed by atoms with Gasteiger partial charge in [-0.2, -0.15) is 0 Å². The van der Waals surface area contributed by atoms with Gasteiger partial charge in [-0.1, -0.05) is 67.1 Å². The van der Waals surface area contributed by atoms with Crippen LogP contribution in [-0.2, 0) is 4.74 Å². The van der Waals surface area contributed by atoms with E-state index in [9.17, 15) is 14.4 Å². The van der Waals surface area contributed by atoms with E-state index >= 15 is 0 Å². The summed E-state index contributed by atoms with van der Waals surface area (Å²) in [6, 6.07) is 24.3. The first-order valence-corrected chi connectivity index (χ1v) is 13.8. The summed E-state index contributed by atoms with van der Waals surface area (Å²) >= 11 is 0. The Morgan fingerprint density at radius 3 is 2.23 bits per heavy atom. The van der Waals surface area contributed by atoms with Crippen LogP contribution in [0.15, 0.2) is 78.9 Å². The van der Waals surface area contributed by atoms with Crippen molar-refractivity contribution in [1.82, 2.24) is 15.6 Å². The minimum absolute atomic E-state index is 0.0863. The van der Waals surface area contributed by atoms with Crippen molar-refractivity contribution >= 4 is 23.5 Å². The van der Waals surface area contributed by atoms with Crippen LogP contribution in [0.4, 0.5) is 10.5 Å². The van der Waals surface area contributed by atoms with Gasteiger partial charge in [-0.05, 0) is 36.6 Å². The molecular formula is C31H37N5O4. The molecule has 1 saturated heterocycles. The van der Waals surface area contributed by atoms with E-state index in [0.717, 1.165) is 49.2 Å². The molecule has 0 aromatic heterocycles. The summed E-state index contributed by atoms with van der Waals surface area (Å²) in [4.78, 5) is 38.0. The molecule has 0 saturated carbocycles. The Morgan fingerprint density at radius 2 is 1.50 bits per heavy atom. The highest BCUT2D eigenvalue weighted by Gasteiger charge is 2.28. The molecule has 0 radical (unpaired) electrons. The summed E-state index contributed by atoms with van der Waals surface area (Å²) in [5.41, 5.74) is 9.13. The molecule has 0 unspecified atom stereocenters. The number of nitrogens with one attached hydrogen (secondary N) is 2. The fourth-order valence-corrected chi connectivity index (χ4v) is 4.63. The van der Waals surface area contributed by atoms with Gasteiger partial charge in [-0.25, -0.2) is 14.8 Å². The highest BCUT2D eigenvalue weighted by atomic mass is 16.6. The summed E-state index contributed by atoms with van der Waals surface area (Å²) in [5.74, 6) is -0.346. The number of ether oxygens (including phenoxy) is 1. The minimum Gasteiger partial charge on any atom is -0.447 e. The molecule has 4 N–H and O–H groups in total. The number of Topliss-reactive ketones (excluding diaryl/α,β-unsaturated/α-hetero) is 1. The highest BCUT2D eigenvalue weighted by molar-refractivity contribution is 5.99. The Bertz CT molecular complexity index is 1260. The summed E-state index contributed by atoms with van der Waals surface area (Å²) < 4.78 is 5.68. The molecule has 0 aliphatic carbocycles. The largest absolute Gasteiger partial charge is 0.447 e. The lowest BCUT2D eigenvalue weighted by Crippen LogP contribution is -2.50. The van der Waals surface area contributed by atoms with Crippen LogP contribution in [0.5, 0.6) is 0 Å². The Balaban J connectivity index is 1.33. The molecule has 3 aromatic carbocycles. The van der Waals surface area contributed by atoms with E-state index in [1.807, 2.05) is 54.6 Å². The molecule has 1 aliphatic rings. The van der Waals surface area contributed by atoms with E-state index in [1.165, 1.54) is 0 Å². The maximum absolute atomic E-state index is 13.4. The number of amides is 2. The molecule has 1 heterocycles. The molecule has 0 spiro atoms. The molecule has 0 bridgehead atoms. The van der Waals surface area contributed by atoms with Gasteiger partial charge in [0.05, 0.1) is 12.2 Å². The second-order valence-electron chi connectivity index (χ2n) is 9.55. The second kappa shape index (κ2) is 14.9. The number of nitrogens with zero attached hydrogens (tertiary/aromatic N) is 2. The van der Waals surface area contributed by atoms with Crippen LogP contribution >= 0.6 is 0 Å². The Labute approximate surface area is 235 Å². The highest BCUT2D eigenvalue weighted by Crippen LogP contribution is 2.33. The van der Waals surface area contributed by atoms with Crippen LogP contribution in [0.2, 0.25) is 0 Å². The summed E-state index contributed by atoms with van der Waals surface area (Å²) in [5, 5.41) is 9.47. The smallest absolute Gasteiger partial charge is 0.429 e. The quantitative estimate of drug-likeness (QED) is 0.235.